The third-order valence-electron chi connectivity index (χ3n) is 4.42. The van der Waals surface area contributed by atoms with Crippen molar-refractivity contribution in [1.82, 2.24) is 0 Å². The first-order valence-electron chi connectivity index (χ1n) is 9.72. The second-order valence-corrected chi connectivity index (χ2v) is 7.38. The maximum absolute atomic E-state index is 11.3. The molecule has 6 nitrogen and oxygen atoms in total. The molecule has 0 amide bonds. The third-order valence-corrected chi connectivity index (χ3v) is 4.42. The number of carboxylic acids is 1. The lowest BCUT2D eigenvalue weighted by Crippen LogP contribution is -2.29. The van der Waals surface area contributed by atoms with E-state index in [2.05, 4.69) is 0 Å². The molecule has 0 saturated heterocycles. The summed E-state index contributed by atoms with van der Waals surface area (Å²) in [5.41, 5.74) is 3.16. The first-order valence-corrected chi connectivity index (χ1v) is 9.72. The third kappa shape index (κ3) is 7.75. The van der Waals surface area contributed by atoms with Crippen molar-refractivity contribution in [1.29, 1.82) is 0 Å². The van der Waals surface area contributed by atoms with Crippen molar-refractivity contribution in [3.63, 3.8) is 0 Å². The van der Waals surface area contributed by atoms with Gasteiger partial charge in [-0.1, -0.05) is 18.2 Å². The van der Waals surface area contributed by atoms with Crippen molar-refractivity contribution >= 4 is 5.97 Å². The van der Waals surface area contributed by atoms with Crippen LogP contribution in [0.1, 0.15) is 30.5 Å². The van der Waals surface area contributed by atoms with Gasteiger partial charge in [-0.2, -0.15) is 0 Å². The smallest absolute Gasteiger partial charge is 0.333 e. The molecule has 2 aromatic rings. The second-order valence-electron chi connectivity index (χ2n) is 7.38. The van der Waals surface area contributed by atoms with E-state index >= 15 is 0 Å². The molecule has 0 heterocycles. The number of rotatable bonds is 11. The number of hydrogen-bond acceptors (Lipinski definition) is 5. The number of hydrogen-bond donors (Lipinski definition) is 2. The number of benzene rings is 2. The van der Waals surface area contributed by atoms with Gasteiger partial charge >= 0.3 is 5.97 Å². The summed E-state index contributed by atoms with van der Waals surface area (Å²) < 4.78 is 16.6. The van der Waals surface area contributed by atoms with Crippen molar-refractivity contribution in [2.24, 2.45) is 0 Å². The fourth-order valence-electron chi connectivity index (χ4n) is 2.69. The summed E-state index contributed by atoms with van der Waals surface area (Å²) >= 11 is 0. The molecule has 2 unspecified atom stereocenters. The summed E-state index contributed by atoms with van der Waals surface area (Å²) in [4.78, 5) is 11.3. The van der Waals surface area contributed by atoms with Crippen LogP contribution in [0.5, 0.6) is 11.5 Å². The summed E-state index contributed by atoms with van der Waals surface area (Å²) in [5.74, 6) is 0.328. The predicted octanol–water partition coefficient (Wildman–Crippen LogP) is 3.54. The topological polar surface area (TPSA) is 85.2 Å². The minimum absolute atomic E-state index is 0.0956. The van der Waals surface area contributed by atoms with Crippen molar-refractivity contribution in [3.8, 4) is 11.5 Å². The fourth-order valence-corrected chi connectivity index (χ4v) is 2.69. The predicted molar refractivity (Wildman–Crippen MR) is 111 cm³/mol. The minimum Gasteiger partial charge on any atom is -0.491 e. The zero-order valence-corrected chi connectivity index (χ0v) is 17.4. The molecule has 29 heavy (non-hydrogen) atoms. The van der Waals surface area contributed by atoms with Gasteiger partial charge < -0.3 is 24.4 Å². The van der Waals surface area contributed by atoms with E-state index < -0.39 is 18.2 Å². The highest BCUT2D eigenvalue weighted by molar-refractivity contribution is 5.72. The lowest BCUT2D eigenvalue weighted by Gasteiger charge is -2.17. The molecule has 0 bridgehead atoms. The number of carboxylic acid groups (broad SMARTS) is 1. The molecule has 0 spiro atoms. The Bertz CT molecular complexity index is 784. The summed E-state index contributed by atoms with van der Waals surface area (Å²) in [5, 5.41) is 19.3. The molecule has 0 saturated carbocycles. The Morgan fingerprint density at radius 2 is 1.52 bits per heavy atom. The molecule has 2 rings (SSSR count). The largest absolute Gasteiger partial charge is 0.491 e. The zero-order valence-electron chi connectivity index (χ0n) is 17.4. The monoisotopic (exact) mass is 402 g/mol. The lowest BCUT2D eigenvalue weighted by molar-refractivity contribution is -0.153. The maximum atomic E-state index is 11.3. The molecule has 158 valence electrons. The van der Waals surface area contributed by atoms with Crippen molar-refractivity contribution < 1.29 is 29.2 Å². The maximum Gasteiger partial charge on any atom is 0.333 e. The van der Waals surface area contributed by atoms with E-state index in [1.54, 1.807) is 24.3 Å². The standard InChI is InChI=1S/C23H30O6/c1-15(2)29-22(23(25)26)12-18-6-9-20(10-7-18)27-13-19(24)14-28-21-8-5-16(3)17(4)11-21/h5-11,15,19,22,24H,12-14H2,1-4H3,(H,25,26). The number of aliphatic carboxylic acids is 1. The van der Waals surface area contributed by atoms with E-state index in [4.69, 9.17) is 14.2 Å². The Morgan fingerprint density at radius 3 is 2.07 bits per heavy atom. The molecule has 2 N–H and O–H groups in total. The summed E-state index contributed by atoms with van der Waals surface area (Å²) in [6, 6.07) is 12.9. The van der Waals surface area contributed by atoms with Crippen LogP contribution in [-0.4, -0.2) is 47.7 Å². The number of ether oxygens (including phenoxy) is 3. The Kier molecular flexibility index (Phi) is 8.49. The van der Waals surface area contributed by atoms with Crippen LogP contribution < -0.4 is 9.47 Å². The van der Waals surface area contributed by atoms with Gasteiger partial charge in [0.05, 0.1) is 6.10 Å². The molecule has 0 fully saturated rings. The number of aryl methyl sites for hydroxylation is 2. The normalized spacial score (nSPS) is 13.2. The van der Waals surface area contributed by atoms with Gasteiger partial charge in [-0.25, -0.2) is 4.79 Å². The average Bonchev–Trinajstić information content (AvgIpc) is 2.67. The molecular formula is C23H30O6. The SMILES string of the molecule is Cc1ccc(OCC(O)COc2ccc(CC(OC(C)C)C(=O)O)cc2)cc1C. The Balaban J connectivity index is 1.80. The van der Waals surface area contributed by atoms with Gasteiger partial charge in [0.25, 0.3) is 0 Å². The van der Waals surface area contributed by atoms with Crippen LogP contribution in [0, 0.1) is 13.8 Å². The molecular weight excluding hydrogens is 372 g/mol. The van der Waals surface area contributed by atoms with Crippen LogP contribution >= 0.6 is 0 Å². The van der Waals surface area contributed by atoms with Gasteiger partial charge in [0.2, 0.25) is 0 Å². The molecule has 0 aliphatic heterocycles. The molecule has 6 heteroatoms. The first kappa shape index (κ1) is 22.7. The molecule has 0 aromatic heterocycles. The summed E-state index contributed by atoms with van der Waals surface area (Å²) in [6.07, 6.45) is -1.54. The van der Waals surface area contributed by atoms with E-state index in [0.29, 0.717) is 11.5 Å². The van der Waals surface area contributed by atoms with Gasteiger partial charge in [0.1, 0.15) is 30.8 Å². The summed E-state index contributed by atoms with van der Waals surface area (Å²) in [6.45, 7) is 7.89. The second kappa shape index (κ2) is 10.8. The van der Waals surface area contributed by atoms with Crippen LogP contribution in [0.4, 0.5) is 0 Å². The minimum atomic E-state index is -0.981. The van der Waals surface area contributed by atoms with Gasteiger partial charge in [-0.3, -0.25) is 0 Å². The van der Waals surface area contributed by atoms with Crippen molar-refractivity contribution in [2.75, 3.05) is 13.2 Å². The lowest BCUT2D eigenvalue weighted by atomic mass is 10.1. The van der Waals surface area contributed by atoms with Gasteiger partial charge in [0, 0.05) is 6.42 Å². The van der Waals surface area contributed by atoms with Crippen molar-refractivity contribution in [3.05, 3.63) is 59.2 Å². The summed E-state index contributed by atoms with van der Waals surface area (Å²) in [7, 11) is 0. The van der Waals surface area contributed by atoms with Gasteiger partial charge in [0.15, 0.2) is 6.10 Å². The number of aliphatic hydroxyl groups excluding tert-OH is 1. The molecule has 2 atom stereocenters. The molecule has 0 radical (unpaired) electrons. The quantitative estimate of drug-likeness (QED) is 0.598. The molecule has 0 aliphatic carbocycles. The van der Waals surface area contributed by atoms with Crippen LogP contribution in [0.3, 0.4) is 0 Å². The highest BCUT2D eigenvalue weighted by atomic mass is 16.5. The first-order chi connectivity index (χ1) is 13.7. The zero-order chi connectivity index (χ0) is 21.4. The van der Waals surface area contributed by atoms with E-state index in [1.807, 2.05) is 45.9 Å². The van der Waals surface area contributed by atoms with E-state index in [0.717, 1.165) is 11.1 Å². The van der Waals surface area contributed by atoms with E-state index in [1.165, 1.54) is 5.56 Å². The van der Waals surface area contributed by atoms with Crippen LogP contribution in [-0.2, 0) is 16.0 Å². The van der Waals surface area contributed by atoms with Crippen molar-refractivity contribution in [2.45, 2.75) is 52.4 Å². The highest BCUT2D eigenvalue weighted by Crippen LogP contribution is 2.18. The van der Waals surface area contributed by atoms with Gasteiger partial charge in [-0.15, -0.1) is 0 Å². The van der Waals surface area contributed by atoms with E-state index in [9.17, 15) is 15.0 Å². The average molecular weight is 402 g/mol. The van der Waals surface area contributed by atoms with Crippen LogP contribution in [0.25, 0.3) is 0 Å². The fraction of sp³-hybridized carbons (Fsp3) is 0.435. The Hall–Kier alpha value is -2.57. The molecule has 2 aromatic carbocycles. The van der Waals surface area contributed by atoms with E-state index in [-0.39, 0.29) is 25.7 Å². The number of carbonyl (C=O) groups is 1. The Labute approximate surface area is 172 Å². The van der Waals surface area contributed by atoms with Crippen LogP contribution in [0.15, 0.2) is 42.5 Å². The molecule has 0 aliphatic rings. The Morgan fingerprint density at radius 1 is 0.931 bits per heavy atom. The van der Waals surface area contributed by atoms with Gasteiger partial charge in [-0.05, 0) is 68.7 Å². The van der Waals surface area contributed by atoms with Crippen LogP contribution in [0.2, 0.25) is 0 Å². The highest BCUT2D eigenvalue weighted by Gasteiger charge is 2.20. The number of aliphatic hydroxyl groups is 1.